The molecule has 1 rings (SSSR count). The van der Waals surface area contributed by atoms with Crippen molar-refractivity contribution in [3.05, 3.63) is 11.6 Å². The van der Waals surface area contributed by atoms with Crippen molar-refractivity contribution in [3.8, 4) is 0 Å². The van der Waals surface area contributed by atoms with Crippen LogP contribution < -0.4 is 0 Å². The fraction of sp³-hybridized carbons (Fsp3) is 0.778. The molecule has 0 aliphatic heterocycles. The van der Waals surface area contributed by atoms with Gasteiger partial charge >= 0.3 is 0 Å². The van der Waals surface area contributed by atoms with Crippen LogP contribution in [0.1, 0.15) is 18.6 Å². The molecule has 0 amide bonds. The number of hydrogen-bond donors (Lipinski definition) is 1. The first kappa shape index (κ1) is 11.1. The Morgan fingerprint density at radius 2 is 2.21 bits per heavy atom. The van der Waals surface area contributed by atoms with Crippen LogP contribution in [0.3, 0.4) is 0 Å². The maximum atomic E-state index is 9.55. The fourth-order valence-corrected chi connectivity index (χ4v) is 1.24. The summed E-state index contributed by atoms with van der Waals surface area (Å²) in [5.74, 6) is 1.55. The Kier molecular flexibility index (Phi) is 4.03. The van der Waals surface area contributed by atoms with E-state index in [1.807, 2.05) is 20.8 Å². The molecule has 0 spiro atoms. The van der Waals surface area contributed by atoms with Crippen LogP contribution in [0.2, 0.25) is 0 Å². The Balaban J connectivity index is 2.47. The minimum absolute atomic E-state index is 0.342. The van der Waals surface area contributed by atoms with Crippen molar-refractivity contribution in [2.75, 3.05) is 13.2 Å². The van der Waals surface area contributed by atoms with E-state index in [2.05, 4.69) is 10.1 Å². The van der Waals surface area contributed by atoms with Crippen molar-refractivity contribution in [3.63, 3.8) is 0 Å². The van der Waals surface area contributed by atoms with E-state index < -0.39 is 6.10 Å². The van der Waals surface area contributed by atoms with Crippen molar-refractivity contribution in [2.45, 2.75) is 33.4 Å². The molecule has 1 N–H and O–H groups in total. The van der Waals surface area contributed by atoms with Gasteiger partial charge < -0.3 is 9.84 Å². The van der Waals surface area contributed by atoms with E-state index in [9.17, 15) is 5.11 Å². The van der Waals surface area contributed by atoms with E-state index in [-0.39, 0.29) is 0 Å². The van der Waals surface area contributed by atoms with Gasteiger partial charge in [0.15, 0.2) is 0 Å². The summed E-state index contributed by atoms with van der Waals surface area (Å²) in [4.78, 5) is 4.14. The van der Waals surface area contributed by atoms with Gasteiger partial charge in [-0.2, -0.15) is 5.10 Å². The quantitative estimate of drug-likeness (QED) is 0.740. The smallest absolute Gasteiger partial charge is 0.147 e. The molecule has 0 radical (unpaired) electrons. The van der Waals surface area contributed by atoms with Gasteiger partial charge in [-0.05, 0) is 20.8 Å². The van der Waals surface area contributed by atoms with Crippen molar-refractivity contribution < 1.29 is 9.84 Å². The van der Waals surface area contributed by atoms with Crippen LogP contribution in [0.5, 0.6) is 0 Å². The average Bonchev–Trinajstić information content (AvgIpc) is 2.42. The van der Waals surface area contributed by atoms with Crippen LogP contribution >= 0.6 is 0 Å². The molecule has 5 heteroatoms. The van der Waals surface area contributed by atoms with E-state index in [4.69, 9.17) is 4.74 Å². The van der Waals surface area contributed by atoms with Crippen LogP contribution in [0.25, 0.3) is 0 Å². The summed E-state index contributed by atoms with van der Waals surface area (Å²) in [5.41, 5.74) is 0. The SMILES string of the molecule is CCOCC(O)Cn1nc(C)nc1C. The van der Waals surface area contributed by atoms with E-state index in [0.717, 1.165) is 11.6 Å². The molecule has 80 valence electrons. The topological polar surface area (TPSA) is 60.2 Å². The number of rotatable bonds is 5. The standard InChI is InChI=1S/C9H17N3O2/c1-4-14-6-9(13)5-12-8(3)10-7(2)11-12/h9,13H,4-6H2,1-3H3. The van der Waals surface area contributed by atoms with Crippen LogP contribution in [0.15, 0.2) is 0 Å². The molecule has 1 aromatic heterocycles. The van der Waals surface area contributed by atoms with Gasteiger partial charge in [0.05, 0.1) is 19.3 Å². The van der Waals surface area contributed by atoms with Crippen molar-refractivity contribution >= 4 is 0 Å². The molecule has 1 unspecified atom stereocenters. The van der Waals surface area contributed by atoms with E-state index in [1.165, 1.54) is 0 Å². The molecule has 0 saturated carbocycles. The highest BCUT2D eigenvalue weighted by Crippen LogP contribution is 1.98. The lowest BCUT2D eigenvalue weighted by molar-refractivity contribution is 0.0312. The average molecular weight is 199 g/mol. The first-order valence-electron chi connectivity index (χ1n) is 4.77. The molecule has 5 nitrogen and oxygen atoms in total. The molecule has 1 aromatic rings. The first-order valence-corrected chi connectivity index (χ1v) is 4.77. The Bertz CT molecular complexity index is 286. The molecule has 0 aromatic carbocycles. The zero-order valence-electron chi connectivity index (χ0n) is 8.90. The molecular weight excluding hydrogens is 182 g/mol. The van der Waals surface area contributed by atoms with Gasteiger partial charge in [-0.1, -0.05) is 0 Å². The molecule has 1 atom stereocenters. The Morgan fingerprint density at radius 3 is 2.71 bits per heavy atom. The van der Waals surface area contributed by atoms with Gasteiger partial charge in [-0.3, -0.25) is 0 Å². The van der Waals surface area contributed by atoms with Gasteiger partial charge in [-0.25, -0.2) is 9.67 Å². The summed E-state index contributed by atoms with van der Waals surface area (Å²) in [6.45, 7) is 7.00. The van der Waals surface area contributed by atoms with Crippen LogP contribution in [-0.4, -0.2) is 39.2 Å². The van der Waals surface area contributed by atoms with Crippen molar-refractivity contribution in [1.29, 1.82) is 0 Å². The highest BCUT2D eigenvalue weighted by atomic mass is 16.5. The third kappa shape index (κ3) is 3.08. The van der Waals surface area contributed by atoms with Crippen LogP contribution in [-0.2, 0) is 11.3 Å². The van der Waals surface area contributed by atoms with Gasteiger partial charge in [0.2, 0.25) is 0 Å². The summed E-state index contributed by atoms with van der Waals surface area (Å²) in [6.07, 6.45) is -0.519. The largest absolute Gasteiger partial charge is 0.389 e. The molecule has 14 heavy (non-hydrogen) atoms. The number of aromatic nitrogens is 3. The highest BCUT2D eigenvalue weighted by molar-refractivity contribution is 4.87. The van der Waals surface area contributed by atoms with Crippen molar-refractivity contribution in [2.24, 2.45) is 0 Å². The highest BCUT2D eigenvalue weighted by Gasteiger charge is 2.08. The second-order valence-electron chi connectivity index (χ2n) is 3.20. The molecule has 1 heterocycles. The predicted octanol–water partition coefficient (Wildman–Crippen LogP) is 0.292. The van der Waals surface area contributed by atoms with Gasteiger partial charge in [-0.15, -0.1) is 0 Å². The second-order valence-corrected chi connectivity index (χ2v) is 3.20. The number of nitrogens with zero attached hydrogens (tertiary/aromatic N) is 3. The van der Waals surface area contributed by atoms with E-state index in [1.54, 1.807) is 4.68 Å². The van der Waals surface area contributed by atoms with E-state index >= 15 is 0 Å². The lowest BCUT2D eigenvalue weighted by atomic mass is 10.4. The number of aryl methyl sites for hydroxylation is 2. The number of hydrogen-bond acceptors (Lipinski definition) is 4. The lowest BCUT2D eigenvalue weighted by Crippen LogP contribution is -2.23. The Morgan fingerprint density at radius 1 is 1.50 bits per heavy atom. The molecule has 0 fully saturated rings. The third-order valence-electron chi connectivity index (χ3n) is 1.86. The fourth-order valence-electron chi connectivity index (χ4n) is 1.24. The molecule has 0 bridgehead atoms. The molecule has 0 aliphatic rings. The summed E-state index contributed by atoms with van der Waals surface area (Å²) in [5, 5.41) is 13.7. The van der Waals surface area contributed by atoms with Crippen molar-refractivity contribution in [1.82, 2.24) is 14.8 Å². The first-order chi connectivity index (χ1) is 6.63. The monoisotopic (exact) mass is 199 g/mol. The molecule has 0 aliphatic carbocycles. The number of ether oxygens (including phenoxy) is 1. The maximum absolute atomic E-state index is 9.55. The maximum Gasteiger partial charge on any atom is 0.147 e. The summed E-state index contributed by atoms with van der Waals surface area (Å²) in [7, 11) is 0. The van der Waals surface area contributed by atoms with Crippen LogP contribution in [0, 0.1) is 13.8 Å². The summed E-state index contributed by atoms with van der Waals surface area (Å²) >= 11 is 0. The zero-order valence-corrected chi connectivity index (χ0v) is 8.90. The summed E-state index contributed by atoms with van der Waals surface area (Å²) < 4.78 is 6.80. The summed E-state index contributed by atoms with van der Waals surface area (Å²) in [6, 6.07) is 0. The lowest BCUT2D eigenvalue weighted by Gasteiger charge is -2.10. The Labute approximate surface area is 83.7 Å². The number of aliphatic hydroxyl groups excluding tert-OH is 1. The van der Waals surface area contributed by atoms with Gasteiger partial charge in [0.1, 0.15) is 11.6 Å². The van der Waals surface area contributed by atoms with Gasteiger partial charge in [0.25, 0.3) is 0 Å². The van der Waals surface area contributed by atoms with E-state index in [0.29, 0.717) is 19.8 Å². The van der Waals surface area contributed by atoms with Crippen LogP contribution in [0.4, 0.5) is 0 Å². The third-order valence-corrected chi connectivity index (χ3v) is 1.86. The Hall–Kier alpha value is -0.940. The zero-order chi connectivity index (χ0) is 10.6. The second kappa shape index (κ2) is 5.07. The predicted molar refractivity (Wildman–Crippen MR) is 52.0 cm³/mol. The minimum Gasteiger partial charge on any atom is -0.389 e. The number of aliphatic hydroxyl groups is 1. The normalized spacial score (nSPS) is 13.1. The van der Waals surface area contributed by atoms with Gasteiger partial charge in [0, 0.05) is 6.61 Å². The molecular formula is C9H17N3O2. The minimum atomic E-state index is -0.519. The molecule has 0 saturated heterocycles.